The molecule has 132 valence electrons. The normalized spacial score (nSPS) is 10.3. The number of amides is 1. The fourth-order valence-corrected chi connectivity index (χ4v) is 2.39. The first kappa shape index (κ1) is 17.4. The lowest BCUT2D eigenvalue weighted by Crippen LogP contribution is -2.15. The lowest BCUT2D eigenvalue weighted by atomic mass is 10.1. The van der Waals surface area contributed by atoms with Crippen molar-refractivity contribution in [2.75, 3.05) is 17.7 Å². The van der Waals surface area contributed by atoms with Gasteiger partial charge in [-0.3, -0.25) is 4.79 Å². The number of benzene rings is 2. The summed E-state index contributed by atoms with van der Waals surface area (Å²) in [5.74, 6) is 0.772. The zero-order valence-corrected chi connectivity index (χ0v) is 14.9. The number of nitrogens with one attached hydrogen (secondary N) is 2. The molecule has 0 aliphatic heterocycles. The number of nitrogens with zero attached hydrogens (tertiary/aromatic N) is 2. The lowest BCUT2D eigenvalue weighted by Gasteiger charge is -2.09. The molecule has 0 radical (unpaired) electrons. The second kappa shape index (κ2) is 7.65. The lowest BCUT2D eigenvalue weighted by molar-refractivity contribution is 0.102. The smallest absolute Gasteiger partial charge is 0.274 e. The van der Waals surface area contributed by atoms with E-state index < -0.39 is 0 Å². The van der Waals surface area contributed by atoms with Crippen LogP contribution in [0.25, 0.3) is 0 Å². The minimum Gasteiger partial charge on any atom is -0.497 e. The van der Waals surface area contributed by atoms with Crippen LogP contribution in [0.5, 0.6) is 5.75 Å². The van der Waals surface area contributed by atoms with Crippen LogP contribution in [-0.2, 0) is 0 Å². The van der Waals surface area contributed by atoms with Gasteiger partial charge in [0, 0.05) is 23.6 Å². The molecule has 3 rings (SSSR count). The van der Waals surface area contributed by atoms with Gasteiger partial charge < -0.3 is 15.4 Å². The van der Waals surface area contributed by atoms with E-state index in [4.69, 9.17) is 4.74 Å². The molecule has 6 nitrogen and oxygen atoms in total. The monoisotopic (exact) mass is 348 g/mol. The zero-order valence-electron chi connectivity index (χ0n) is 14.9. The molecule has 0 fully saturated rings. The molecule has 0 aliphatic carbocycles. The summed E-state index contributed by atoms with van der Waals surface area (Å²) in [6.45, 7) is 4.04. The first-order valence-electron chi connectivity index (χ1n) is 8.18. The van der Waals surface area contributed by atoms with E-state index in [1.54, 1.807) is 19.4 Å². The largest absolute Gasteiger partial charge is 0.497 e. The number of rotatable bonds is 5. The molecule has 0 unspecified atom stereocenters. The number of anilines is 3. The molecule has 1 heterocycles. The number of carbonyl (C=O) groups is 1. The van der Waals surface area contributed by atoms with Crippen LogP contribution in [0.4, 0.5) is 17.3 Å². The topological polar surface area (TPSA) is 76.1 Å². The summed E-state index contributed by atoms with van der Waals surface area (Å²) >= 11 is 0. The molecule has 0 saturated heterocycles. The SMILES string of the molecule is COc1cccc(Nc2nccc(C(=O)Nc3ccc(C)c(C)c3)n2)c1. The Bertz CT molecular complexity index is 941. The molecule has 2 N–H and O–H groups in total. The van der Waals surface area contributed by atoms with Crippen LogP contribution >= 0.6 is 0 Å². The number of aromatic nitrogens is 2. The van der Waals surface area contributed by atoms with Gasteiger partial charge in [0.05, 0.1) is 7.11 Å². The van der Waals surface area contributed by atoms with E-state index in [9.17, 15) is 4.79 Å². The zero-order chi connectivity index (χ0) is 18.5. The van der Waals surface area contributed by atoms with Crippen LogP contribution in [0.2, 0.25) is 0 Å². The van der Waals surface area contributed by atoms with Crippen molar-refractivity contribution in [3.05, 3.63) is 71.5 Å². The number of aryl methyl sites for hydroxylation is 2. The van der Waals surface area contributed by atoms with Crippen molar-refractivity contribution in [1.82, 2.24) is 9.97 Å². The second-order valence-corrected chi connectivity index (χ2v) is 5.88. The van der Waals surface area contributed by atoms with Gasteiger partial charge in [-0.1, -0.05) is 12.1 Å². The Kier molecular flexibility index (Phi) is 5.12. The third-order valence-corrected chi connectivity index (χ3v) is 3.98. The van der Waals surface area contributed by atoms with E-state index in [0.717, 1.165) is 22.7 Å². The van der Waals surface area contributed by atoms with Gasteiger partial charge in [-0.2, -0.15) is 0 Å². The van der Waals surface area contributed by atoms with Crippen molar-refractivity contribution in [3.63, 3.8) is 0 Å². The van der Waals surface area contributed by atoms with E-state index in [0.29, 0.717) is 5.95 Å². The summed E-state index contributed by atoms with van der Waals surface area (Å²) in [7, 11) is 1.60. The molecule has 1 amide bonds. The van der Waals surface area contributed by atoms with Crippen LogP contribution in [0.15, 0.2) is 54.7 Å². The highest BCUT2D eigenvalue weighted by molar-refractivity contribution is 6.03. The van der Waals surface area contributed by atoms with Gasteiger partial charge in [-0.15, -0.1) is 0 Å². The first-order valence-corrected chi connectivity index (χ1v) is 8.18. The maximum Gasteiger partial charge on any atom is 0.274 e. The van der Waals surface area contributed by atoms with Crippen molar-refractivity contribution < 1.29 is 9.53 Å². The Morgan fingerprint density at radius 2 is 1.85 bits per heavy atom. The van der Waals surface area contributed by atoms with Crippen LogP contribution in [-0.4, -0.2) is 23.0 Å². The highest BCUT2D eigenvalue weighted by Crippen LogP contribution is 2.20. The van der Waals surface area contributed by atoms with E-state index in [2.05, 4.69) is 20.6 Å². The van der Waals surface area contributed by atoms with Crippen molar-refractivity contribution >= 4 is 23.2 Å². The minimum absolute atomic E-state index is 0.281. The number of methoxy groups -OCH3 is 1. The molecular weight excluding hydrogens is 328 g/mol. The summed E-state index contributed by atoms with van der Waals surface area (Å²) in [4.78, 5) is 20.9. The van der Waals surface area contributed by atoms with E-state index in [-0.39, 0.29) is 11.6 Å². The van der Waals surface area contributed by atoms with E-state index in [1.165, 1.54) is 5.56 Å². The van der Waals surface area contributed by atoms with Gasteiger partial charge in [0.25, 0.3) is 5.91 Å². The summed E-state index contributed by atoms with van der Waals surface area (Å²) in [6, 6.07) is 14.8. The number of carbonyl (C=O) groups excluding carboxylic acids is 1. The maximum absolute atomic E-state index is 12.5. The molecule has 3 aromatic rings. The molecule has 2 aromatic carbocycles. The Balaban J connectivity index is 1.75. The van der Waals surface area contributed by atoms with Crippen LogP contribution < -0.4 is 15.4 Å². The first-order chi connectivity index (χ1) is 12.5. The van der Waals surface area contributed by atoms with E-state index >= 15 is 0 Å². The maximum atomic E-state index is 12.5. The average molecular weight is 348 g/mol. The summed E-state index contributed by atoms with van der Waals surface area (Å²) in [5.41, 5.74) is 4.08. The third kappa shape index (κ3) is 4.16. The number of ether oxygens (including phenoxy) is 1. The fourth-order valence-electron chi connectivity index (χ4n) is 2.39. The number of hydrogen-bond donors (Lipinski definition) is 2. The second-order valence-electron chi connectivity index (χ2n) is 5.88. The molecule has 1 aromatic heterocycles. The Morgan fingerprint density at radius 3 is 2.62 bits per heavy atom. The Hall–Kier alpha value is -3.41. The molecule has 0 bridgehead atoms. The van der Waals surface area contributed by atoms with Gasteiger partial charge in [0.2, 0.25) is 5.95 Å². The Labute approximate surface area is 152 Å². The minimum atomic E-state index is -0.288. The molecule has 0 spiro atoms. The van der Waals surface area contributed by atoms with E-state index in [1.807, 2.05) is 56.3 Å². The highest BCUT2D eigenvalue weighted by atomic mass is 16.5. The van der Waals surface area contributed by atoms with Crippen molar-refractivity contribution in [1.29, 1.82) is 0 Å². The fraction of sp³-hybridized carbons (Fsp3) is 0.150. The molecule has 0 aliphatic rings. The summed E-state index contributed by atoms with van der Waals surface area (Å²) in [6.07, 6.45) is 1.55. The quantitative estimate of drug-likeness (QED) is 0.726. The van der Waals surface area contributed by atoms with Crippen molar-refractivity contribution in [2.45, 2.75) is 13.8 Å². The standard InChI is InChI=1S/C20H20N4O2/c1-13-7-8-16(11-14(13)2)22-19(25)18-9-10-21-20(24-18)23-15-5-4-6-17(12-15)26-3/h4-12H,1-3H3,(H,22,25)(H,21,23,24). The summed E-state index contributed by atoms with van der Waals surface area (Å²) in [5, 5.41) is 5.93. The third-order valence-electron chi connectivity index (χ3n) is 3.98. The average Bonchev–Trinajstić information content (AvgIpc) is 2.65. The van der Waals surface area contributed by atoms with Crippen molar-refractivity contribution in [2.24, 2.45) is 0 Å². The van der Waals surface area contributed by atoms with Gasteiger partial charge >= 0.3 is 0 Å². The predicted molar refractivity (Wildman–Crippen MR) is 102 cm³/mol. The van der Waals surface area contributed by atoms with Gasteiger partial charge in [-0.05, 0) is 55.3 Å². The van der Waals surface area contributed by atoms with Crippen LogP contribution in [0.1, 0.15) is 21.6 Å². The molecular formula is C20H20N4O2. The van der Waals surface area contributed by atoms with Gasteiger partial charge in [0.1, 0.15) is 11.4 Å². The Morgan fingerprint density at radius 1 is 1.00 bits per heavy atom. The van der Waals surface area contributed by atoms with Gasteiger partial charge in [0.15, 0.2) is 0 Å². The van der Waals surface area contributed by atoms with Crippen molar-refractivity contribution in [3.8, 4) is 5.75 Å². The number of hydrogen-bond acceptors (Lipinski definition) is 5. The molecule has 0 saturated carbocycles. The highest BCUT2D eigenvalue weighted by Gasteiger charge is 2.10. The van der Waals surface area contributed by atoms with Gasteiger partial charge in [-0.25, -0.2) is 9.97 Å². The molecule has 26 heavy (non-hydrogen) atoms. The van der Waals surface area contributed by atoms with Crippen LogP contribution in [0.3, 0.4) is 0 Å². The van der Waals surface area contributed by atoms with Crippen LogP contribution in [0, 0.1) is 13.8 Å². The predicted octanol–water partition coefficient (Wildman–Crippen LogP) is 4.10. The molecule has 6 heteroatoms. The molecule has 0 atom stereocenters. The summed E-state index contributed by atoms with van der Waals surface area (Å²) < 4.78 is 5.19.